The zero-order valence-corrected chi connectivity index (χ0v) is 9.61. The van der Waals surface area contributed by atoms with Crippen LogP contribution in [-0.2, 0) is 0 Å². The highest BCUT2D eigenvalue weighted by Crippen LogP contribution is 2.21. The van der Waals surface area contributed by atoms with Crippen molar-refractivity contribution in [3.63, 3.8) is 0 Å². The van der Waals surface area contributed by atoms with Crippen molar-refractivity contribution in [3.05, 3.63) is 30.3 Å². The second kappa shape index (κ2) is 4.67. The molecular weight excluding hydrogens is 184 g/mol. The van der Waals surface area contributed by atoms with Gasteiger partial charge in [-0.2, -0.15) is 0 Å². The molecule has 2 heteroatoms. The number of hydrogen-bond acceptors (Lipinski definition) is 2. The molecule has 1 fully saturated rings. The molecule has 0 aliphatic carbocycles. The number of rotatable bonds is 2. The van der Waals surface area contributed by atoms with Gasteiger partial charge in [-0.3, -0.25) is 0 Å². The minimum Gasteiger partial charge on any atom is -0.366 e. The number of para-hydroxylation sites is 1. The Morgan fingerprint density at radius 1 is 1.27 bits per heavy atom. The number of benzene rings is 1. The molecule has 1 unspecified atom stereocenters. The van der Waals surface area contributed by atoms with Gasteiger partial charge in [0, 0.05) is 31.4 Å². The molecule has 0 bridgehead atoms. The molecule has 15 heavy (non-hydrogen) atoms. The van der Waals surface area contributed by atoms with E-state index in [0.29, 0.717) is 12.0 Å². The molecule has 2 rings (SSSR count). The zero-order valence-electron chi connectivity index (χ0n) is 9.61. The van der Waals surface area contributed by atoms with Gasteiger partial charge in [0.05, 0.1) is 0 Å². The predicted molar refractivity (Wildman–Crippen MR) is 65.3 cm³/mol. The van der Waals surface area contributed by atoms with Crippen LogP contribution in [0.5, 0.6) is 0 Å². The summed E-state index contributed by atoms with van der Waals surface area (Å²) < 4.78 is 0. The van der Waals surface area contributed by atoms with Gasteiger partial charge in [0.15, 0.2) is 0 Å². The maximum absolute atomic E-state index is 3.47. The largest absolute Gasteiger partial charge is 0.366 e. The minimum absolute atomic E-state index is 0.626. The highest BCUT2D eigenvalue weighted by atomic mass is 15.2. The first-order chi connectivity index (χ1) is 7.29. The first-order valence-electron chi connectivity index (χ1n) is 5.81. The third-order valence-electron chi connectivity index (χ3n) is 3.14. The molecule has 2 nitrogen and oxygen atoms in total. The quantitative estimate of drug-likeness (QED) is 0.794. The summed E-state index contributed by atoms with van der Waals surface area (Å²) in [5.41, 5.74) is 1.36. The van der Waals surface area contributed by atoms with E-state index in [9.17, 15) is 0 Å². The molecule has 1 aromatic rings. The van der Waals surface area contributed by atoms with Gasteiger partial charge in [0.25, 0.3) is 0 Å². The molecular formula is C13H20N2. The number of nitrogens with one attached hydrogen (secondary N) is 1. The van der Waals surface area contributed by atoms with E-state index in [0.717, 1.165) is 19.6 Å². The van der Waals surface area contributed by atoms with Crippen LogP contribution in [0.15, 0.2) is 30.3 Å². The Morgan fingerprint density at radius 2 is 2.00 bits per heavy atom. The fourth-order valence-corrected chi connectivity index (χ4v) is 2.26. The Balaban J connectivity index is 2.18. The van der Waals surface area contributed by atoms with Gasteiger partial charge in [-0.05, 0) is 18.1 Å². The summed E-state index contributed by atoms with van der Waals surface area (Å²) in [6.45, 7) is 7.92. The highest BCUT2D eigenvalue weighted by molar-refractivity contribution is 5.47. The Hall–Kier alpha value is -1.02. The van der Waals surface area contributed by atoms with Gasteiger partial charge in [-0.1, -0.05) is 32.0 Å². The molecule has 82 valence electrons. The molecule has 1 saturated heterocycles. The molecule has 1 aliphatic heterocycles. The van der Waals surface area contributed by atoms with Crippen LogP contribution in [0, 0.1) is 5.92 Å². The van der Waals surface area contributed by atoms with Crippen LogP contribution in [0.25, 0.3) is 0 Å². The fourth-order valence-electron chi connectivity index (χ4n) is 2.26. The molecule has 1 heterocycles. The second-order valence-electron chi connectivity index (χ2n) is 4.54. The summed E-state index contributed by atoms with van der Waals surface area (Å²) in [5, 5.41) is 3.47. The standard InChI is InChI=1S/C13H20N2/c1-11(2)13-10-14-8-9-15(13)12-6-4-3-5-7-12/h3-7,11,13-14H,8-10H2,1-2H3. The van der Waals surface area contributed by atoms with E-state index in [1.165, 1.54) is 5.69 Å². The van der Waals surface area contributed by atoms with Crippen molar-refractivity contribution in [1.29, 1.82) is 0 Å². The van der Waals surface area contributed by atoms with Gasteiger partial charge < -0.3 is 10.2 Å². The van der Waals surface area contributed by atoms with Crippen LogP contribution < -0.4 is 10.2 Å². The molecule has 1 N–H and O–H groups in total. The molecule has 0 aromatic heterocycles. The number of hydrogen-bond donors (Lipinski definition) is 1. The summed E-state index contributed by atoms with van der Waals surface area (Å²) in [6.07, 6.45) is 0. The van der Waals surface area contributed by atoms with Crippen molar-refractivity contribution >= 4 is 5.69 Å². The van der Waals surface area contributed by atoms with Crippen LogP contribution in [-0.4, -0.2) is 25.7 Å². The molecule has 0 spiro atoms. The van der Waals surface area contributed by atoms with E-state index >= 15 is 0 Å². The summed E-state index contributed by atoms with van der Waals surface area (Å²) >= 11 is 0. The lowest BCUT2D eigenvalue weighted by Gasteiger charge is -2.40. The normalized spacial score (nSPS) is 22.1. The van der Waals surface area contributed by atoms with Crippen LogP contribution in [0.2, 0.25) is 0 Å². The van der Waals surface area contributed by atoms with Gasteiger partial charge in [0.2, 0.25) is 0 Å². The molecule has 1 aromatic carbocycles. The van der Waals surface area contributed by atoms with Gasteiger partial charge >= 0.3 is 0 Å². The van der Waals surface area contributed by atoms with E-state index in [4.69, 9.17) is 0 Å². The lowest BCUT2D eigenvalue weighted by Crippen LogP contribution is -2.53. The maximum atomic E-state index is 3.47. The molecule has 0 saturated carbocycles. The van der Waals surface area contributed by atoms with Gasteiger partial charge in [-0.15, -0.1) is 0 Å². The summed E-state index contributed by atoms with van der Waals surface area (Å²) in [7, 11) is 0. The van der Waals surface area contributed by atoms with E-state index in [1.807, 2.05) is 0 Å². The SMILES string of the molecule is CC(C)C1CNCCN1c1ccccc1. The Morgan fingerprint density at radius 3 is 2.67 bits per heavy atom. The van der Waals surface area contributed by atoms with Crippen molar-refractivity contribution in [2.24, 2.45) is 5.92 Å². The van der Waals surface area contributed by atoms with E-state index in [1.54, 1.807) is 0 Å². The van der Waals surface area contributed by atoms with Crippen molar-refractivity contribution in [2.45, 2.75) is 19.9 Å². The molecule has 1 aliphatic rings. The van der Waals surface area contributed by atoms with Crippen molar-refractivity contribution < 1.29 is 0 Å². The maximum Gasteiger partial charge on any atom is 0.0437 e. The zero-order chi connectivity index (χ0) is 10.7. The lowest BCUT2D eigenvalue weighted by molar-refractivity contribution is 0.390. The van der Waals surface area contributed by atoms with Crippen molar-refractivity contribution in [3.8, 4) is 0 Å². The smallest absolute Gasteiger partial charge is 0.0437 e. The summed E-state index contributed by atoms with van der Waals surface area (Å²) in [5.74, 6) is 0.693. The highest BCUT2D eigenvalue weighted by Gasteiger charge is 2.24. The average molecular weight is 204 g/mol. The number of piperazine rings is 1. The van der Waals surface area contributed by atoms with Crippen LogP contribution in [0.4, 0.5) is 5.69 Å². The van der Waals surface area contributed by atoms with Crippen LogP contribution in [0.1, 0.15) is 13.8 Å². The first kappa shape index (κ1) is 10.5. The first-order valence-corrected chi connectivity index (χ1v) is 5.81. The third kappa shape index (κ3) is 2.32. The molecule has 0 radical (unpaired) electrons. The monoisotopic (exact) mass is 204 g/mol. The van der Waals surface area contributed by atoms with E-state index in [2.05, 4.69) is 54.4 Å². The fraction of sp³-hybridized carbons (Fsp3) is 0.538. The summed E-state index contributed by atoms with van der Waals surface area (Å²) in [6, 6.07) is 11.4. The number of nitrogens with zero attached hydrogens (tertiary/aromatic N) is 1. The Labute approximate surface area is 92.3 Å². The van der Waals surface area contributed by atoms with E-state index in [-0.39, 0.29) is 0 Å². The van der Waals surface area contributed by atoms with Crippen LogP contribution in [0.3, 0.4) is 0 Å². The Kier molecular flexibility index (Phi) is 3.27. The Bertz CT molecular complexity index is 295. The van der Waals surface area contributed by atoms with Gasteiger partial charge in [-0.25, -0.2) is 0 Å². The minimum atomic E-state index is 0.626. The van der Waals surface area contributed by atoms with Crippen molar-refractivity contribution in [2.75, 3.05) is 24.5 Å². The van der Waals surface area contributed by atoms with E-state index < -0.39 is 0 Å². The lowest BCUT2D eigenvalue weighted by atomic mass is 10.00. The predicted octanol–water partition coefficient (Wildman–Crippen LogP) is 2.12. The summed E-state index contributed by atoms with van der Waals surface area (Å²) in [4.78, 5) is 2.53. The van der Waals surface area contributed by atoms with Crippen LogP contribution >= 0.6 is 0 Å². The number of anilines is 1. The third-order valence-corrected chi connectivity index (χ3v) is 3.14. The molecule has 0 amide bonds. The second-order valence-corrected chi connectivity index (χ2v) is 4.54. The molecule has 1 atom stereocenters. The van der Waals surface area contributed by atoms with Gasteiger partial charge in [0.1, 0.15) is 0 Å². The topological polar surface area (TPSA) is 15.3 Å². The average Bonchev–Trinajstić information content (AvgIpc) is 2.30. The van der Waals surface area contributed by atoms with Crippen molar-refractivity contribution in [1.82, 2.24) is 5.32 Å².